The third kappa shape index (κ3) is 3.40. The van der Waals surface area contributed by atoms with Crippen molar-refractivity contribution in [3.05, 3.63) is 56.3 Å². The molecular weight excluding hydrogens is 419 g/mol. The van der Waals surface area contributed by atoms with Crippen LogP contribution in [-0.4, -0.2) is 33.7 Å². The van der Waals surface area contributed by atoms with Crippen LogP contribution in [0.15, 0.2) is 35.7 Å². The van der Waals surface area contributed by atoms with E-state index in [4.69, 9.17) is 34.8 Å². The molecule has 1 amide bonds. The Kier molecular flexibility index (Phi) is 5.59. The number of halogens is 3. The average Bonchev–Trinajstić information content (AvgIpc) is 2.88. The number of amides is 1. The maximum absolute atomic E-state index is 13.6. The van der Waals surface area contributed by atoms with Gasteiger partial charge in [-0.15, -0.1) is 0 Å². The van der Waals surface area contributed by atoms with Crippen molar-refractivity contribution in [1.29, 1.82) is 0 Å². The molecule has 4 rings (SSSR count). The number of rotatable bonds is 2. The largest absolute Gasteiger partial charge is 0.342 e. The van der Waals surface area contributed by atoms with Gasteiger partial charge in [0.25, 0.3) is 5.91 Å². The van der Waals surface area contributed by atoms with Crippen molar-refractivity contribution in [1.82, 2.24) is 14.7 Å². The number of aromatic nitrogens is 2. The Morgan fingerprint density at radius 3 is 2.54 bits per heavy atom. The molecule has 1 aromatic carbocycles. The molecule has 148 valence electrons. The van der Waals surface area contributed by atoms with Crippen LogP contribution in [0.3, 0.4) is 0 Å². The van der Waals surface area contributed by atoms with E-state index in [1.807, 2.05) is 24.0 Å². The summed E-state index contributed by atoms with van der Waals surface area (Å²) in [6.07, 6.45) is 5.92. The lowest BCUT2D eigenvalue weighted by Gasteiger charge is -2.33. The highest BCUT2D eigenvalue weighted by molar-refractivity contribution is 6.42. The number of carbonyl (C=O) groups is 1. The smallest absolute Gasteiger partial charge is 0.254 e. The van der Waals surface area contributed by atoms with Crippen LogP contribution in [0.4, 0.5) is 5.82 Å². The number of anilines is 1. The van der Waals surface area contributed by atoms with E-state index in [1.165, 1.54) is 0 Å². The van der Waals surface area contributed by atoms with E-state index in [0.717, 1.165) is 50.0 Å². The number of nitrogens with one attached hydrogen (secondary N) is 1. The summed E-state index contributed by atoms with van der Waals surface area (Å²) in [7, 11) is 0. The highest BCUT2D eigenvalue weighted by Gasteiger charge is 2.37. The van der Waals surface area contributed by atoms with Gasteiger partial charge in [0.05, 0.1) is 21.8 Å². The molecule has 3 heterocycles. The third-order valence-corrected chi connectivity index (χ3v) is 6.49. The molecule has 5 nitrogen and oxygen atoms in total. The fourth-order valence-corrected chi connectivity index (χ4v) is 4.56. The van der Waals surface area contributed by atoms with Crippen molar-refractivity contribution in [3.63, 3.8) is 0 Å². The number of fused-ring (bicyclic) bond motifs is 1. The molecule has 0 bridgehead atoms. The molecule has 1 N–H and O–H groups in total. The van der Waals surface area contributed by atoms with Gasteiger partial charge in [-0.3, -0.25) is 4.79 Å². The summed E-state index contributed by atoms with van der Waals surface area (Å²) in [5.74, 6) is 0.651. The van der Waals surface area contributed by atoms with Gasteiger partial charge in [-0.1, -0.05) is 59.8 Å². The number of likely N-dealkylation sites (tertiary alicyclic amines) is 1. The van der Waals surface area contributed by atoms with Crippen LogP contribution in [0, 0.1) is 0 Å². The molecule has 1 unspecified atom stereocenters. The number of hydrogen-bond acceptors (Lipinski definition) is 3. The number of nitrogens with zero attached hydrogens (tertiary/aromatic N) is 3. The fourth-order valence-electron chi connectivity index (χ4n) is 3.97. The first-order valence-electron chi connectivity index (χ1n) is 9.43. The second kappa shape index (κ2) is 7.97. The standard InChI is InChI=1S/C20H21Cl3N4O/c1-12-16(20(28)26-9-4-2-3-5-10-26)18(13-7-6-8-14(21)17(13)23)27-19(25-12)15(22)11-24-27/h6-8,11,18,25H,2-5,9-10H2,1H3. The third-order valence-electron chi connectivity index (χ3n) is 5.38. The molecule has 0 spiro atoms. The fraction of sp³-hybridized carbons (Fsp3) is 0.400. The van der Waals surface area contributed by atoms with E-state index in [1.54, 1.807) is 16.9 Å². The summed E-state index contributed by atoms with van der Waals surface area (Å²) in [6, 6.07) is 4.95. The van der Waals surface area contributed by atoms with Gasteiger partial charge in [-0.25, -0.2) is 4.68 Å². The lowest BCUT2D eigenvalue weighted by atomic mass is 9.94. The number of hydrogen-bond donors (Lipinski definition) is 1. The predicted octanol–water partition coefficient (Wildman–Crippen LogP) is 5.53. The molecule has 0 aliphatic carbocycles. The minimum atomic E-state index is -0.495. The minimum absolute atomic E-state index is 0.00483. The van der Waals surface area contributed by atoms with Crippen molar-refractivity contribution >= 4 is 46.5 Å². The van der Waals surface area contributed by atoms with Crippen molar-refractivity contribution in [2.24, 2.45) is 0 Å². The molecule has 0 radical (unpaired) electrons. The van der Waals surface area contributed by atoms with E-state index in [2.05, 4.69) is 10.4 Å². The van der Waals surface area contributed by atoms with Crippen LogP contribution in [0.1, 0.15) is 44.2 Å². The molecular formula is C20H21Cl3N4O. The van der Waals surface area contributed by atoms with E-state index >= 15 is 0 Å². The first-order valence-corrected chi connectivity index (χ1v) is 10.6. The highest BCUT2D eigenvalue weighted by Crippen LogP contribution is 2.43. The number of benzene rings is 1. The van der Waals surface area contributed by atoms with Crippen LogP contribution in [0.2, 0.25) is 15.1 Å². The van der Waals surface area contributed by atoms with Crippen LogP contribution < -0.4 is 5.32 Å². The minimum Gasteiger partial charge on any atom is -0.342 e. The zero-order valence-corrected chi connectivity index (χ0v) is 17.8. The van der Waals surface area contributed by atoms with E-state index in [-0.39, 0.29) is 5.91 Å². The van der Waals surface area contributed by atoms with Gasteiger partial charge >= 0.3 is 0 Å². The number of carbonyl (C=O) groups excluding carboxylic acids is 1. The van der Waals surface area contributed by atoms with Crippen LogP contribution in [-0.2, 0) is 4.79 Å². The molecule has 2 aromatic rings. The van der Waals surface area contributed by atoms with Gasteiger partial charge in [-0.2, -0.15) is 5.10 Å². The molecule has 28 heavy (non-hydrogen) atoms. The Hall–Kier alpha value is -1.69. The Morgan fingerprint density at radius 2 is 1.82 bits per heavy atom. The van der Waals surface area contributed by atoms with E-state index < -0.39 is 6.04 Å². The van der Waals surface area contributed by atoms with Gasteiger partial charge in [0.15, 0.2) is 0 Å². The van der Waals surface area contributed by atoms with Crippen molar-refractivity contribution in [2.75, 3.05) is 18.4 Å². The predicted molar refractivity (Wildman–Crippen MR) is 113 cm³/mol. The number of allylic oxidation sites excluding steroid dienone is 1. The summed E-state index contributed by atoms with van der Waals surface area (Å²) in [5, 5.41) is 9.03. The molecule has 2 aliphatic heterocycles. The topological polar surface area (TPSA) is 50.2 Å². The molecule has 1 saturated heterocycles. The van der Waals surface area contributed by atoms with Gasteiger partial charge in [0.2, 0.25) is 0 Å². The Bertz CT molecular complexity index is 945. The lowest BCUT2D eigenvalue weighted by molar-refractivity contribution is -0.127. The van der Waals surface area contributed by atoms with E-state index in [9.17, 15) is 4.79 Å². The van der Waals surface area contributed by atoms with Crippen LogP contribution >= 0.6 is 34.8 Å². The van der Waals surface area contributed by atoms with E-state index in [0.29, 0.717) is 26.5 Å². The monoisotopic (exact) mass is 438 g/mol. The van der Waals surface area contributed by atoms with Gasteiger partial charge in [-0.05, 0) is 25.8 Å². The molecule has 0 saturated carbocycles. The van der Waals surface area contributed by atoms with Crippen LogP contribution in [0.25, 0.3) is 0 Å². The van der Waals surface area contributed by atoms with Gasteiger partial charge in [0, 0.05) is 24.4 Å². The first-order chi connectivity index (χ1) is 13.5. The zero-order valence-electron chi connectivity index (χ0n) is 15.5. The average molecular weight is 440 g/mol. The SMILES string of the molecule is CC1=C(C(=O)N2CCCCCC2)C(c2cccc(Cl)c2Cl)n2ncc(Cl)c2N1. The van der Waals surface area contributed by atoms with Gasteiger partial charge in [0.1, 0.15) is 16.9 Å². The molecule has 1 atom stereocenters. The molecule has 2 aliphatic rings. The quantitative estimate of drug-likeness (QED) is 0.669. The Balaban J connectivity index is 1.85. The van der Waals surface area contributed by atoms with Gasteiger partial charge < -0.3 is 10.2 Å². The maximum atomic E-state index is 13.6. The van der Waals surface area contributed by atoms with Crippen molar-refractivity contribution in [2.45, 2.75) is 38.6 Å². The second-order valence-corrected chi connectivity index (χ2v) is 8.39. The summed E-state index contributed by atoms with van der Waals surface area (Å²) in [4.78, 5) is 15.5. The molecule has 1 fully saturated rings. The first kappa shape index (κ1) is 19.6. The highest BCUT2D eigenvalue weighted by atomic mass is 35.5. The zero-order chi connectivity index (χ0) is 19.8. The lowest BCUT2D eigenvalue weighted by Crippen LogP contribution is -2.38. The summed E-state index contributed by atoms with van der Waals surface area (Å²) in [6.45, 7) is 3.42. The van der Waals surface area contributed by atoms with Crippen molar-refractivity contribution in [3.8, 4) is 0 Å². The van der Waals surface area contributed by atoms with Crippen molar-refractivity contribution < 1.29 is 4.79 Å². The Morgan fingerprint density at radius 1 is 1.11 bits per heavy atom. The second-order valence-electron chi connectivity index (χ2n) is 7.20. The van der Waals surface area contributed by atoms with Crippen LogP contribution in [0.5, 0.6) is 0 Å². The summed E-state index contributed by atoms with van der Waals surface area (Å²) >= 11 is 19.2. The maximum Gasteiger partial charge on any atom is 0.254 e. The normalized spacial score (nSPS) is 19.9. The summed E-state index contributed by atoms with van der Waals surface area (Å²) in [5.41, 5.74) is 2.11. The Labute approximate surface area is 179 Å². The molecule has 8 heteroatoms. The molecule has 1 aromatic heterocycles. The summed E-state index contributed by atoms with van der Waals surface area (Å²) < 4.78 is 1.72.